The topological polar surface area (TPSA) is 87.7 Å². The Kier molecular flexibility index (Phi) is 5.57. The molecule has 0 radical (unpaired) electrons. The van der Waals surface area contributed by atoms with Crippen molar-refractivity contribution in [1.82, 2.24) is 15.5 Å². The van der Waals surface area contributed by atoms with E-state index < -0.39 is 29.6 Å². The zero-order valence-corrected chi connectivity index (χ0v) is 14.9. The van der Waals surface area contributed by atoms with Gasteiger partial charge >= 0.3 is 6.03 Å². The van der Waals surface area contributed by atoms with Crippen molar-refractivity contribution in [2.75, 3.05) is 20.2 Å². The molecule has 9 heteroatoms. The van der Waals surface area contributed by atoms with Gasteiger partial charge in [-0.3, -0.25) is 14.9 Å². The third kappa shape index (κ3) is 4.17. The minimum atomic E-state index is -1.00. The summed E-state index contributed by atoms with van der Waals surface area (Å²) in [6, 6.07) is 1.47. The minimum Gasteiger partial charge on any atom is -0.494 e. The summed E-state index contributed by atoms with van der Waals surface area (Å²) in [6.45, 7) is 0.988. The first kappa shape index (κ1) is 19.1. The molecule has 2 saturated heterocycles. The second-order valence-electron chi connectivity index (χ2n) is 6.73. The summed E-state index contributed by atoms with van der Waals surface area (Å²) < 4.78 is 32.2. The van der Waals surface area contributed by atoms with Crippen LogP contribution in [0, 0.1) is 11.6 Å². The van der Waals surface area contributed by atoms with Crippen molar-refractivity contribution in [2.24, 2.45) is 0 Å². The number of methoxy groups -OCH3 is 1. The summed E-state index contributed by atoms with van der Waals surface area (Å²) in [6.07, 6.45) is 1.65. The number of carbonyl (C=O) groups is 3. The number of amides is 4. The van der Waals surface area contributed by atoms with Gasteiger partial charge in [0.1, 0.15) is 6.04 Å². The predicted octanol–water partition coefficient (Wildman–Crippen LogP) is 1.67. The van der Waals surface area contributed by atoms with Crippen LogP contribution in [0.25, 0.3) is 0 Å². The Balaban J connectivity index is 1.53. The van der Waals surface area contributed by atoms with Gasteiger partial charge in [-0.1, -0.05) is 0 Å². The van der Waals surface area contributed by atoms with Gasteiger partial charge < -0.3 is 15.0 Å². The Morgan fingerprint density at radius 1 is 1.26 bits per heavy atom. The van der Waals surface area contributed by atoms with Crippen LogP contribution in [-0.4, -0.2) is 49.0 Å². The van der Waals surface area contributed by atoms with Gasteiger partial charge in [-0.15, -0.1) is 0 Å². The maximum Gasteiger partial charge on any atom is 0.322 e. The van der Waals surface area contributed by atoms with Crippen molar-refractivity contribution in [2.45, 2.75) is 37.6 Å². The minimum absolute atomic E-state index is 0.0120. The molecule has 1 unspecified atom stereocenters. The number of hydrogen-bond acceptors (Lipinski definition) is 4. The molecule has 2 aliphatic heterocycles. The molecule has 146 valence electrons. The predicted molar refractivity (Wildman–Crippen MR) is 91.2 cm³/mol. The molecule has 2 N–H and O–H groups in total. The van der Waals surface area contributed by atoms with Crippen LogP contribution in [0.5, 0.6) is 5.75 Å². The number of likely N-dealkylation sites (tertiary alicyclic amines) is 1. The second-order valence-corrected chi connectivity index (χ2v) is 6.73. The molecular weight excluding hydrogens is 360 g/mol. The fourth-order valence-electron chi connectivity index (χ4n) is 3.52. The number of piperidine rings is 1. The van der Waals surface area contributed by atoms with Gasteiger partial charge in [0.2, 0.25) is 11.7 Å². The van der Waals surface area contributed by atoms with Gasteiger partial charge in [-0.2, -0.15) is 4.39 Å². The summed E-state index contributed by atoms with van der Waals surface area (Å²) in [7, 11) is 1.29. The SMILES string of the molecule is COc1cc(C2CCN(C(=O)CCC3NC(=O)NC3=O)CC2)cc(F)c1F. The van der Waals surface area contributed by atoms with Gasteiger partial charge in [-0.05, 0) is 42.9 Å². The van der Waals surface area contributed by atoms with Crippen LogP contribution in [0.1, 0.15) is 37.2 Å². The quantitative estimate of drug-likeness (QED) is 0.760. The van der Waals surface area contributed by atoms with Crippen LogP contribution < -0.4 is 15.4 Å². The Hall–Kier alpha value is -2.71. The molecular formula is C18H21F2N3O4. The Labute approximate surface area is 155 Å². The highest BCUT2D eigenvalue weighted by molar-refractivity contribution is 6.04. The van der Waals surface area contributed by atoms with E-state index in [1.165, 1.54) is 19.2 Å². The first-order valence-corrected chi connectivity index (χ1v) is 8.81. The van der Waals surface area contributed by atoms with Crippen molar-refractivity contribution >= 4 is 17.8 Å². The molecule has 1 aromatic rings. The lowest BCUT2D eigenvalue weighted by molar-refractivity contribution is -0.132. The first-order chi connectivity index (χ1) is 12.9. The summed E-state index contributed by atoms with van der Waals surface area (Å²) in [5.41, 5.74) is 0.656. The molecule has 4 amide bonds. The Morgan fingerprint density at radius 2 is 1.96 bits per heavy atom. The van der Waals surface area contributed by atoms with Crippen LogP contribution in [0.15, 0.2) is 12.1 Å². The largest absolute Gasteiger partial charge is 0.494 e. The summed E-state index contributed by atoms with van der Waals surface area (Å²) in [5, 5.41) is 4.59. The number of hydrogen-bond donors (Lipinski definition) is 2. The lowest BCUT2D eigenvalue weighted by Gasteiger charge is -2.32. The van der Waals surface area contributed by atoms with Gasteiger partial charge in [0.05, 0.1) is 7.11 Å². The number of urea groups is 1. The van der Waals surface area contributed by atoms with E-state index in [9.17, 15) is 23.2 Å². The van der Waals surface area contributed by atoms with E-state index in [2.05, 4.69) is 10.6 Å². The van der Waals surface area contributed by atoms with Crippen LogP contribution in [0.4, 0.5) is 13.6 Å². The molecule has 0 spiro atoms. The maximum atomic E-state index is 13.7. The molecule has 7 nitrogen and oxygen atoms in total. The van der Waals surface area contributed by atoms with E-state index in [1.54, 1.807) is 4.90 Å². The molecule has 27 heavy (non-hydrogen) atoms. The zero-order valence-electron chi connectivity index (χ0n) is 14.9. The number of halogens is 2. The van der Waals surface area contributed by atoms with E-state index in [1.807, 2.05) is 0 Å². The van der Waals surface area contributed by atoms with Crippen molar-refractivity contribution in [3.05, 3.63) is 29.3 Å². The highest BCUT2D eigenvalue weighted by Gasteiger charge is 2.31. The number of nitrogens with zero attached hydrogens (tertiary/aromatic N) is 1. The van der Waals surface area contributed by atoms with E-state index in [0.29, 0.717) is 31.5 Å². The molecule has 1 atom stereocenters. The second kappa shape index (κ2) is 7.89. The van der Waals surface area contributed by atoms with Crippen molar-refractivity contribution in [1.29, 1.82) is 0 Å². The molecule has 3 rings (SSSR count). The van der Waals surface area contributed by atoms with E-state index in [4.69, 9.17) is 4.74 Å². The van der Waals surface area contributed by atoms with Gasteiger partial charge in [0, 0.05) is 19.5 Å². The smallest absolute Gasteiger partial charge is 0.322 e. The Bertz CT molecular complexity index is 763. The van der Waals surface area contributed by atoms with E-state index in [-0.39, 0.29) is 30.4 Å². The molecule has 2 heterocycles. The standard InChI is InChI=1S/C18H21F2N3O4/c1-27-14-9-11(8-12(19)16(14)20)10-4-6-23(7-5-10)15(24)3-2-13-17(25)22-18(26)21-13/h8-10,13H,2-7H2,1H3,(H2,21,22,25,26). The monoisotopic (exact) mass is 381 g/mol. The third-order valence-electron chi connectivity index (χ3n) is 5.06. The zero-order chi connectivity index (χ0) is 19.6. The maximum absolute atomic E-state index is 13.7. The van der Waals surface area contributed by atoms with Crippen molar-refractivity contribution in [3.8, 4) is 5.75 Å². The Morgan fingerprint density at radius 3 is 2.56 bits per heavy atom. The molecule has 0 aromatic heterocycles. The number of benzene rings is 1. The number of imide groups is 1. The summed E-state index contributed by atoms with van der Waals surface area (Å²) >= 11 is 0. The van der Waals surface area contributed by atoms with Crippen LogP contribution >= 0.6 is 0 Å². The molecule has 0 bridgehead atoms. The highest BCUT2D eigenvalue weighted by atomic mass is 19.2. The first-order valence-electron chi connectivity index (χ1n) is 8.81. The molecule has 2 fully saturated rings. The number of carbonyl (C=O) groups excluding carboxylic acids is 3. The lowest BCUT2D eigenvalue weighted by atomic mass is 9.89. The van der Waals surface area contributed by atoms with Crippen molar-refractivity contribution in [3.63, 3.8) is 0 Å². The fraction of sp³-hybridized carbons (Fsp3) is 0.500. The van der Waals surface area contributed by atoms with E-state index >= 15 is 0 Å². The van der Waals surface area contributed by atoms with Gasteiger partial charge in [-0.25, -0.2) is 9.18 Å². The number of rotatable bonds is 5. The number of nitrogens with one attached hydrogen (secondary N) is 2. The van der Waals surface area contributed by atoms with Crippen molar-refractivity contribution < 1.29 is 27.9 Å². The van der Waals surface area contributed by atoms with E-state index in [0.717, 1.165) is 0 Å². The van der Waals surface area contributed by atoms with Gasteiger partial charge in [0.15, 0.2) is 11.6 Å². The van der Waals surface area contributed by atoms with Gasteiger partial charge in [0.25, 0.3) is 5.91 Å². The third-order valence-corrected chi connectivity index (χ3v) is 5.06. The average molecular weight is 381 g/mol. The van der Waals surface area contributed by atoms with Crippen LogP contribution in [0.2, 0.25) is 0 Å². The lowest BCUT2D eigenvalue weighted by Crippen LogP contribution is -2.39. The van der Waals surface area contributed by atoms with Crippen LogP contribution in [0.3, 0.4) is 0 Å². The molecule has 1 aromatic carbocycles. The summed E-state index contributed by atoms with van der Waals surface area (Å²) in [4.78, 5) is 36.6. The van der Waals surface area contributed by atoms with Crippen LogP contribution in [-0.2, 0) is 9.59 Å². The molecule has 0 saturated carbocycles. The normalized spacial score (nSPS) is 20.4. The average Bonchev–Trinajstić information content (AvgIpc) is 2.99. The summed E-state index contributed by atoms with van der Waals surface area (Å²) in [5.74, 6) is -2.57. The molecule has 2 aliphatic rings. The molecule has 0 aliphatic carbocycles. The number of ether oxygens (including phenoxy) is 1. The highest BCUT2D eigenvalue weighted by Crippen LogP contribution is 2.32. The fourth-order valence-corrected chi connectivity index (χ4v) is 3.52.